The molecule has 3 heteroatoms. The molecule has 1 heterocycles. The molecule has 1 N–H and O–H groups in total. The fraction of sp³-hybridized carbons (Fsp3) is 0.400. The maximum Gasteiger partial charge on any atom is 0.0898 e. The SMILES string of the molecule is Cc1nc(C(C)N[C@@H](C)c2ccccc2C)cs1. The third-order valence-electron chi connectivity index (χ3n) is 3.24. The molecule has 0 spiro atoms. The topological polar surface area (TPSA) is 24.9 Å². The van der Waals surface area contributed by atoms with Crippen molar-refractivity contribution in [2.45, 2.75) is 39.8 Å². The fourth-order valence-electron chi connectivity index (χ4n) is 2.20. The third kappa shape index (κ3) is 2.98. The number of aromatic nitrogens is 1. The second kappa shape index (κ2) is 5.63. The molecule has 0 radical (unpaired) electrons. The summed E-state index contributed by atoms with van der Waals surface area (Å²) in [6.45, 7) is 8.58. The summed E-state index contributed by atoms with van der Waals surface area (Å²) in [4.78, 5) is 4.54. The molecule has 2 atom stereocenters. The Morgan fingerprint density at radius 3 is 2.44 bits per heavy atom. The summed E-state index contributed by atoms with van der Waals surface area (Å²) in [5.74, 6) is 0. The van der Waals surface area contributed by atoms with Crippen LogP contribution in [0.1, 0.15) is 47.8 Å². The Labute approximate surface area is 113 Å². The van der Waals surface area contributed by atoms with Gasteiger partial charge in [-0.25, -0.2) is 4.98 Å². The Bertz CT molecular complexity index is 519. The van der Waals surface area contributed by atoms with E-state index in [4.69, 9.17) is 0 Å². The quantitative estimate of drug-likeness (QED) is 0.892. The molecule has 96 valence electrons. The van der Waals surface area contributed by atoms with Crippen LogP contribution in [0, 0.1) is 13.8 Å². The molecule has 0 aliphatic carbocycles. The van der Waals surface area contributed by atoms with Gasteiger partial charge in [0.25, 0.3) is 0 Å². The highest BCUT2D eigenvalue weighted by molar-refractivity contribution is 7.09. The highest BCUT2D eigenvalue weighted by Gasteiger charge is 2.14. The van der Waals surface area contributed by atoms with Crippen molar-refractivity contribution in [3.8, 4) is 0 Å². The minimum absolute atomic E-state index is 0.282. The van der Waals surface area contributed by atoms with Gasteiger partial charge in [-0.2, -0.15) is 0 Å². The first kappa shape index (κ1) is 13.2. The Hall–Kier alpha value is -1.19. The van der Waals surface area contributed by atoms with Gasteiger partial charge in [-0.1, -0.05) is 24.3 Å². The maximum atomic E-state index is 4.54. The second-order valence-electron chi connectivity index (χ2n) is 4.76. The first-order chi connectivity index (χ1) is 8.58. The van der Waals surface area contributed by atoms with E-state index in [9.17, 15) is 0 Å². The van der Waals surface area contributed by atoms with E-state index in [0.29, 0.717) is 6.04 Å². The van der Waals surface area contributed by atoms with Gasteiger partial charge in [-0.3, -0.25) is 0 Å². The van der Waals surface area contributed by atoms with Crippen molar-refractivity contribution in [1.82, 2.24) is 10.3 Å². The van der Waals surface area contributed by atoms with Gasteiger partial charge < -0.3 is 5.32 Å². The van der Waals surface area contributed by atoms with E-state index in [2.05, 4.69) is 60.7 Å². The zero-order chi connectivity index (χ0) is 13.1. The first-order valence-electron chi connectivity index (χ1n) is 6.31. The number of aryl methyl sites for hydroxylation is 2. The molecule has 0 aliphatic rings. The summed E-state index contributed by atoms with van der Waals surface area (Å²) in [5, 5.41) is 6.87. The first-order valence-corrected chi connectivity index (χ1v) is 7.19. The molecule has 0 saturated heterocycles. The zero-order valence-corrected chi connectivity index (χ0v) is 12.2. The summed E-state index contributed by atoms with van der Waals surface area (Å²) in [7, 11) is 0. The van der Waals surface area contributed by atoms with Crippen LogP contribution in [0.4, 0.5) is 0 Å². The lowest BCUT2D eigenvalue weighted by Crippen LogP contribution is -2.23. The molecule has 1 aromatic carbocycles. The normalized spacial score (nSPS) is 14.4. The van der Waals surface area contributed by atoms with E-state index >= 15 is 0 Å². The summed E-state index contributed by atoms with van der Waals surface area (Å²) >= 11 is 1.71. The predicted octanol–water partition coefficient (Wildman–Crippen LogP) is 4.17. The predicted molar refractivity (Wildman–Crippen MR) is 78.0 cm³/mol. The summed E-state index contributed by atoms with van der Waals surface area (Å²) in [5.41, 5.74) is 3.83. The van der Waals surface area contributed by atoms with Crippen LogP contribution >= 0.6 is 11.3 Å². The van der Waals surface area contributed by atoms with Gasteiger partial charge in [0.2, 0.25) is 0 Å². The lowest BCUT2D eigenvalue weighted by molar-refractivity contribution is 0.486. The van der Waals surface area contributed by atoms with E-state index < -0.39 is 0 Å². The Balaban J connectivity index is 2.08. The summed E-state index contributed by atoms with van der Waals surface area (Å²) in [6, 6.07) is 9.14. The molecule has 2 rings (SSSR count). The van der Waals surface area contributed by atoms with Crippen LogP contribution in [-0.2, 0) is 0 Å². The van der Waals surface area contributed by atoms with Crippen LogP contribution in [0.25, 0.3) is 0 Å². The maximum absolute atomic E-state index is 4.54. The molecule has 1 unspecified atom stereocenters. The molecule has 2 nitrogen and oxygen atoms in total. The van der Waals surface area contributed by atoms with Gasteiger partial charge in [-0.15, -0.1) is 11.3 Å². The largest absolute Gasteiger partial charge is 0.302 e. The van der Waals surface area contributed by atoms with Gasteiger partial charge in [0.05, 0.1) is 10.7 Å². The van der Waals surface area contributed by atoms with Gasteiger partial charge in [0, 0.05) is 17.5 Å². The number of thiazole rings is 1. The number of benzene rings is 1. The minimum atomic E-state index is 0.282. The lowest BCUT2D eigenvalue weighted by atomic mass is 10.0. The van der Waals surface area contributed by atoms with Crippen molar-refractivity contribution < 1.29 is 0 Å². The number of nitrogens with one attached hydrogen (secondary N) is 1. The van der Waals surface area contributed by atoms with Crippen molar-refractivity contribution in [2.75, 3.05) is 0 Å². The summed E-state index contributed by atoms with van der Waals surface area (Å²) < 4.78 is 0. The Morgan fingerprint density at radius 1 is 1.11 bits per heavy atom. The highest BCUT2D eigenvalue weighted by atomic mass is 32.1. The van der Waals surface area contributed by atoms with E-state index in [1.807, 2.05) is 6.92 Å². The van der Waals surface area contributed by atoms with Crippen LogP contribution in [0.2, 0.25) is 0 Å². The van der Waals surface area contributed by atoms with Crippen molar-refractivity contribution in [3.05, 3.63) is 51.5 Å². The second-order valence-corrected chi connectivity index (χ2v) is 5.82. The van der Waals surface area contributed by atoms with Gasteiger partial charge in [0.1, 0.15) is 0 Å². The average Bonchev–Trinajstić information content (AvgIpc) is 2.76. The number of rotatable bonds is 4. The molecule has 0 saturated carbocycles. The van der Waals surface area contributed by atoms with Crippen LogP contribution < -0.4 is 5.32 Å². The molecule has 0 bridgehead atoms. The minimum Gasteiger partial charge on any atom is -0.302 e. The van der Waals surface area contributed by atoms with Crippen LogP contribution in [0.3, 0.4) is 0 Å². The average molecular weight is 260 g/mol. The smallest absolute Gasteiger partial charge is 0.0898 e. The molecule has 0 amide bonds. The molecule has 0 aliphatic heterocycles. The van der Waals surface area contributed by atoms with Gasteiger partial charge in [0.15, 0.2) is 0 Å². The van der Waals surface area contributed by atoms with Crippen LogP contribution in [0.15, 0.2) is 29.6 Å². The van der Waals surface area contributed by atoms with E-state index in [1.54, 1.807) is 11.3 Å². The monoisotopic (exact) mass is 260 g/mol. The lowest BCUT2D eigenvalue weighted by Gasteiger charge is -2.20. The number of nitrogens with zero attached hydrogens (tertiary/aromatic N) is 1. The highest BCUT2D eigenvalue weighted by Crippen LogP contribution is 2.22. The molecule has 2 aromatic rings. The number of hydrogen-bond donors (Lipinski definition) is 1. The van der Waals surface area contributed by atoms with Crippen molar-refractivity contribution in [3.63, 3.8) is 0 Å². The van der Waals surface area contributed by atoms with E-state index in [1.165, 1.54) is 11.1 Å². The van der Waals surface area contributed by atoms with Gasteiger partial charge in [-0.05, 0) is 38.8 Å². The van der Waals surface area contributed by atoms with E-state index in [-0.39, 0.29) is 6.04 Å². The van der Waals surface area contributed by atoms with E-state index in [0.717, 1.165) is 10.7 Å². The number of hydrogen-bond acceptors (Lipinski definition) is 3. The zero-order valence-electron chi connectivity index (χ0n) is 11.4. The fourth-order valence-corrected chi connectivity index (χ4v) is 2.91. The molecular weight excluding hydrogens is 240 g/mol. The third-order valence-corrected chi connectivity index (χ3v) is 4.03. The Morgan fingerprint density at radius 2 is 1.83 bits per heavy atom. The van der Waals surface area contributed by atoms with Crippen molar-refractivity contribution in [2.24, 2.45) is 0 Å². The van der Waals surface area contributed by atoms with Crippen LogP contribution in [0.5, 0.6) is 0 Å². The summed E-state index contributed by atoms with van der Waals surface area (Å²) in [6.07, 6.45) is 0. The molecule has 0 fully saturated rings. The molecule has 18 heavy (non-hydrogen) atoms. The Kier molecular flexibility index (Phi) is 4.15. The molecular formula is C15H20N2S. The standard InChI is InChI=1S/C15H20N2S/c1-10-7-5-6-8-14(10)11(2)16-12(3)15-9-18-13(4)17-15/h5-9,11-12,16H,1-4H3/t11-,12?/m0/s1. The van der Waals surface area contributed by atoms with Crippen molar-refractivity contribution >= 4 is 11.3 Å². The van der Waals surface area contributed by atoms with Crippen molar-refractivity contribution in [1.29, 1.82) is 0 Å². The van der Waals surface area contributed by atoms with Crippen LogP contribution in [-0.4, -0.2) is 4.98 Å². The molecule has 1 aromatic heterocycles. The van der Waals surface area contributed by atoms with Gasteiger partial charge >= 0.3 is 0 Å².